The monoisotopic (exact) mass is 259 g/mol. The SMILES string of the molecule is N#Cc1ccc(OCc2ccc(O)cc2)cc1Cl. The van der Waals surface area contributed by atoms with Crippen molar-refractivity contribution in [2.24, 2.45) is 0 Å². The number of rotatable bonds is 3. The molecule has 0 saturated carbocycles. The van der Waals surface area contributed by atoms with Gasteiger partial charge in [0, 0.05) is 6.07 Å². The molecule has 0 saturated heterocycles. The van der Waals surface area contributed by atoms with Crippen molar-refractivity contribution in [2.75, 3.05) is 0 Å². The molecule has 0 aliphatic heterocycles. The smallest absolute Gasteiger partial charge is 0.121 e. The molecule has 0 atom stereocenters. The van der Waals surface area contributed by atoms with Crippen LogP contribution in [0, 0.1) is 11.3 Å². The molecule has 0 bridgehead atoms. The van der Waals surface area contributed by atoms with Crippen molar-refractivity contribution in [1.29, 1.82) is 5.26 Å². The largest absolute Gasteiger partial charge is 0.508 e. The number of phenolic OH excluding ortho intramolecular Hbond substituents is 1. The van der Waals surface area contributed by atoms with Crippen molar-refractivity contribution in [2.45, 2.75) is 6.61 Å². The summed E-state index contributed by atoms with van der Waals surface area (Å²) in [7, 11) is 0. The first-order valence-corrected chi connectivity index (χ1v) is 5.67. The van der Waals surface area contributed by atoms with Gasteiger partial charge in [-0.15, -0.1) is 0 Å². The molecule has 0 aliphatic rings. The number of nitrogens with zero attached hydrogens (tertiary/aromatic N) is 1. The van der Waals surface area contributed by atoms with Crippen LogP contribution >= 0.6 is 11.6 Å². The average molecular weight is 260 g/mol. The molecule has 0 unspecified atom stereocenters. The maximum Gasteiger partial charge on any atom is 0.121 e. The fourth-order valence-electron chi connectivity index (χ4n) is 1.44. The van der Waals surface area contributed by atoms with Gasteiger partial charge in [0.25, 0.3) is 0 Å². The molecule has 0 aromatic heterocycles. The molecule has 0 spiro atoms. The van der Waals surface area contributed by atoms with E-state index in [9.17, 15) is 0 Å². The molecule has 90 valence electrons. The number of aromatic hydroxyl groups is 1. The summed E-state index contributed by atoms with van der Waals surface area (Å²) in [4.78, 5) is 0. The molecule has 0 aliphatic carbocycles. The van der Waals surface area contributed by atoms with Gasteiger partial charge in [0.05, 0.1) is 10.6 Å². The van der Waals surface area contributed by atoms with Crippen molar-refractivity contribution in [3.63, 3.8) is 0 Å². The van der Waals surface area contributed by atoms with Crippen LogP contribution in [-0.2, 0) is 6.61 Å². The molecule has 0 fully saturated rings. The standard InChI is InChI=1S/C14H10ClNO2/c15-14-7-13(6-3-11(14)8-16)18-9-10-1-4-12(17)5-2-10/h1-7,17H,9H2. The third-order valence-corrected chi connectivity index (χ3v) is 2.72. The first kappa shape index (κ1) is 12.3. The molecule has 4 heteroatoms. The predicted molar refractivity (Wildman–Crippen MR) is 68.6 cm³/mol. The highest BCUT2D eigenvalue weighted by atomic mass is 35.5. The Morgan fingerprint density at radius 1 is 1.17 bits per heavy atom. The van der Waals surface area contributed by atoms with Crippen molar-refractivity contribution in [3.8, 4) is 17.6 Å². The molecular formula is C14H10ClNO2. The molecule has 0 radical (unpaired) electrons. The number of phenols is 1. The Bertz CT molecular complexity index is 588. The third kappa shape index (κ3) is 2.93. The highest BCUT2D eigenvalue weighted by Crippen LogP contribution is 2.22. The lowest BCUT2D eigenvalue weighted by atomic mass is 10.2. The van der Waals surface area contributed by atoms with Crippen LogP contribution in [0.2, 0.25) is 5.02 Å². The van der Waals surface area contributed by atoms with Crippen LogP contribution in [0.4, 0.5) is 0 Å². The number of halogens is 1. The second-order valence-electron chi connectivity index (χ2n) is 3.71. The number of ether oxygens (including phenoxy) is 1. The zero-order valence-corrected chi connectivity index (χ0v) is 10.2. The lowest BCUT2D eigenvalue weighted by molar-refractivity contribution is 0.306. The Morgan fingerprint density at radius 3 is 2.50 bits per heavy atom. The lowest BCUT2D eigenvalue weighted by Gasteiger charge is -2.07. The van der Waals surface area contributed by atoms with Gasteiger partial charge in [-0.05, 0) is 29.8 Å². The van der Waals surface area contributed by atoms with Crippen LogP contribution in [0.15, 0.2) is 42.5 Å². The van der Waals surface area contributed by atoms with E-state index < -0.39 is 0 Å². The zero-order valence-electron chi connectivity index (χ0n) is 9.43. The summed E-state index contributed by atoms with van der Waals surface area (Å²) < 4.78 is 5.54. The fourth-order valence-corrected chi connectivity index (χ4v) is 1.65. The molecule has 2 rings (SSSR count). The van der Waals surface area contributed by atoms with Gasteiger partial charge >= 0.3 is 0 Å². The number of hydrogen-bond acceptors (Lipinski definition) is 3. The van der Waals surface area contributed by atoms with Gasteiger partial charge in [-0.1, -0.05) is 23.7 Å². The average Bonchev–Trinajstić information content (AvgIpc) is 2.38. The van der Waals surface area contributed by atoms with E-state index in [1.54, 1.807) is 42.5 Å². The first-order chi connectivity index (χ1) is 8.69. The van der Waals surface area contributed by atoms with Crippen LogP contribution in [0.25, 0.3) is 0 Å². The normalized spacial score (nSPS) is 9.78. The molecular weight excluding hydrogens is 250 g/mol. The third-order valence-electron chi connectivity index (χ3n) is 2.40. The van der Waals surface area contributed by atoms with Crippen LogP contribution in [0.1, 0.15) is 11.1 Å². The van der Waals surface area contributed by atoms with E-state index in [4.69, 9.17) is 26.7 Å². The van der Waals surface area contributed by atoms with Crippen LogP contribution in [-0.4, -0.2) is 5.11 Å². The summed E-state index contributed by atoms with van der Waals surface area (Å²) in [6, 6.07) is 13.7. The summed E-state index contributed by atoms with van der Waals surface area (Å²) >= 11 is 5.90. The van der Waals surface area contributed by atoms with Crippen molar-refractivity contribution >= 4 is 11.6 Å². The molecule has 2 aromatic rings. The van der Waals surface area contributed by atoms with Crippen LogP contribution in [0.3, 0.4) is 0 Å². The summed E-state index contributed by atoms with van der Waals surface area (Å²) in [5.41, 5.74) is 1.36. The van der Waals surface area contributed by atoms with E-state index in [0.29, 0.717) is 22.9 Å². The Morgan fingerprint density at radius 2 is 1.89 bits per heavy atom. The van der Waals surface area contributed by atoms with E-state index in [2.05, 4.69) is 0 Å². The maximum absolute atomic E-state index is 9.15. The highest BCUT2D eigenvalue weighted by molar-refractivity contribution is 6.31. The fraction of sp³-hybridized carbons (Fsp3) is 0.0714. The van der Waals surface area contributed by atoms with Crippen molar-refractivity contribution in [1.82, 2.24) is 0 Å². The van der Waals surface area contributed by atoms with Gasteiger partial charge in [-0.3, -0.25) is 0 Å². The van der Waals surface area contributed by atoms with Crippen molar-refractivity contribution in [3.05, 3.63) is 58.6 Å². The van der Waals surface area contributed by atoms with Crippen molar-refractivity contribution < 1.29 is 9.84 Å². The minimum Gasteiger partial charge on any atom is -0.508 e. The minimum absolute atomic E-state index is 0.222. The molecule has 2 aromatic carbocycles. The number of hydrogen-bond donors (Lipinski definition) is 1. The van der Waals surface area contributed by atoms with E-state index in [1.807, 2.05) is 6.07 Å². The predicted octanol–water partition coefficient (Wildman–Crippen LogP) is 3.50. The van der Waals surface area contributed by atoms with E-state index >= 15 is 0 Å². The summed E-state index contributed by atoms with van der Waals surface area (Å²) in [5, 5.41) is 18.3. The van der Waals surface area contributed by atoms with Crippen LogP contribution < -0.4 is 4.74 Å². The van der Waals surface area contributed by atoms with Gasteiger partial charge in [-0.2, -0.15) is 5.26 Å². The maximum atomic E-state index is 9.15. The Balaban J connectivity index is 2.04. The molecule has 0 heterocycles. The zero-order chi connectivity index (χ0) is 13.0. The molecule has 1 N–H and O–H groups in total. The number of nitriles is 1. The Kier molecular flexibility index (Phi) is 3.71. The van der Waals surface area contributed by atoms with E-state index in [1.165, 1.54) is 0 Å². The van der Waals surface area contributed by atoms with Crippen LogP contribution in [0.5, 0.6) is 11.5 Å². The topological polar surface area (TPSA) is 53.2 Å². The molecule has 18 heavy (non-hydrogen) atoms. The second-order valence-corrected chi connectivity index (χ2v) is 4.12. The second kappa shape index (κ2) is 5.44. The Labute approximate surface area is 110 Å². The highest BCUT2D eigenvalue weighted by Gasteiger charge is 2.02. The minimum atomic E-state index is 0.222. The first-order valence-electron chi connectivity index (χ1n) is 5.29. The van der Waals surface area contributed by atoms with E-state index in [0.717, 1.165) is 5.56 Å². The van der Waals surface area contributed by atoms with Gasteiger partial charge in [-0.25, -0.2) is 0 Å². The van der Waals surface area contributed by atoms with Gasteiger partial charge in [0.2, 0.25) is 0 Å². The summed E-state index contributed by atoms with van der Waals surface area (Å²) in [5.74, 6) is 0.826. The molecule has 0 amide bonds. The molecule has 3 nitrogen and oxygen atoms in total. The Hall–Kier alpha value is -2.18. The summed E-state index contributed by atoms with van der Waals surface area (Å²) in [6.45, 7) is 0.377. The lowest BCUT2D eigenvalue weighted by Crippen LogP contribution is -1.95. The quantitative estimate of drug-likeness (QED) is 0.918. The number of benzene rings is 2. The van der Waals surface area contributed by atoms with Gasteiger partial charge in [0.1, 0.15) is 24.2 Å². The summed E-state index contributed by atoms with van der Waals surface area (Å²) in [6.07, 6.45) is 0. The van der Waals surface area contributed by atoms with Gasteiger partial charge in [0.15, 0.2) is 0 Å². The van der Waals surface area contributed by atoms with Gasteiger partial charge < -0.3 is 9.84 Å². The van der Waals surface area contributed by atoms with E-state index in [-0.39, 0.29) is 5.75 Å².